The van der Waals surface area contributed by atoms with Crippen molar-refractivity contribution in [2.24, 2.45) is 0 Å². The number of nitrogens with zero attached hydrogens (tertiary/aromatic N) is 3. The molecule has 0 saturated carbocycles. The van der Waals surface area contributed by atoms with E-state index in [2.05, 4.69) is 21.4 Å². The van der Waals surface area contributed by atoms with Gasteiger partial charge in [-0.3, -0.25) is 4.40 Å². The number of fused-ring (bicyclic) bond motifs is 3. The van der Waals surface area contributed by atoms with Crippen LogP contribution in [0.1, 0.15) is 41.6 Å². The molecule has 0 spiro atoms. The van der Waals surface area contributed by atoms with E-state index in [1.807, 2.05) is 25.1 Å². The Bertz CT molecular complexity index is 937. The summed E-state index contributed by atoms with van der Waals surface area (Å²) in [5, 5.41) is 0. The standard InChI is InChI=1S/C20H23N3O2/c1-14-13-17(22-11-7-3-4-8-12-22)23-16-10-6-5-9-15(16)21-19(23)18(14)20(24)25-2/h5-6,9-10,13H,3-4,7-8,11-12H2,1-2H3. The van der Waals surface area contributed by atoms with Gasteiger partial charge in [0.15, 0.2) is 5.65 Å². The molecule has 3 aromatic rings. The lowest BCUT2D eigenvalue weighted by Gasteiger charge is -2.25. The van der Waals surface area contributed by atoms with Crippen molar-refractivity contribution in [3.8, 4) is 0 Å². The third-order valence-corrected chi connectivity index (χ3v) is 5.07. The van der Waals surface area contributed by atoms with Gasteiger partial charge >= 0.3 is 5.97 Å². The molecule has 0 unspecified atom stereocenters. The number of esters is 1. The molecule has 1 saturated heterocycles. The molecular weight excluding hydrogens is 314 g/mol. The van der Waals surface area contributed by atoms with Crippen LogP contribution in [-0.4, -0.2) is 35.6 Å². The minimum atomic E-state index is -0.333. The zero-order valence-corrected chi connectivity index (χ0v) is 14.8. The van der Waals surface area contributed by atoms with Crippen molar-refractivity contribution in [2.45, 2.75) is 32.6 Å². The van der Waals surface area contributed by atoms with E-state index in [-0.39, 0.29) is 5.97 Å². The van der Waals surface area contributed by atoms with Gasteiger partial charge in [0.05, 0.1) is 18.1 Å². The van der Waals surface area contributed by atoms with Gasteiger partial charge in [-0.15, -0.1) is 0 Å². The lowest BCUT2D eigenvalue weighted by atomic mass is 10.1. The molecule has 25 heavy (non-hydrogen) atoms. The number of aromatic nitrogens is 2. The number of rotatable bonds is 2. The van der Waals surface area contributed by atoms with Crippen LogP contribution in [0.5, 0.6) is 0 Å². The number of para-hydroxylation sites is 2. The van der Waals surface area contributed by atoms with Crippen LogP contribution in [0.3, 0.4) is 0 Å². The van der Waals surface area contributed by atoms with E-state index in [1.165, 1.54) is 32.8 Å². The SMILES string of the molecule is COC(=O)c1c(C)cc(N2CCCCCC2)n2c1nc1ccccc12. The maximum absolute atomic E-state index is 12.4. The van der Waals surface area contributed by atoms with E-state index in [1.54, 1.807) is 0 Å². The first kappa shape index (κ1) is 15.9. The Morgan fingerprint density at radius 1 is 1.12 bits per heavy atom. The average molecular weight is 337 g/mol. The minimum absolute atomic E-state index is 0.333. The number of methoxy groups -OCH3 is 1. The minimum Gasteiger partial charge on any atom is -0.465 e. The molecule has 130 valence electrons. The van der Waals surface area contributed by atoms with Crippen LogP contribution in [0, 0.1) is 6.92 Å². The highest BCUT2D eigenvalue weighted by Crippen LogP contribution is 2.30. The van der Waals surface area contributed by atoms with Crippen molar-refractivity contribution in [1.82, 2.24) is 9.38 Å². The highest BCUT2D eigenvalue weighted by molar-refractivity contribution is 6.00. The topological polar surface area (TPSA) is 46.8 Å². The first-order valence-electron chi connectivity index (χ1n) is 8.95. The van der Waals surface area contributed by atoms with Crippen molar-refractivity contribution in [2.75, 3.05) is 25.1 Å². The molecule has 0 N–H and O–H groups in total. The fourth-order valence-corrected chi connectivity index (χ4v) is 3.82. The molecule has 5 nitrogen and oxygen atoms in total. The normalized spacial score (nSPS) is 15.5. The number of carbonyl (C=O) groups excluding carboxylic acids is 1. The lowest BCUT2D eigenvalue weighted by Crippen LogP contribution is -2.26. The zero-order valence-electron chi connectivity index (χ0n) is 14.8. The highest BCUT2D eigenvalue weighted by atomic mass is 16.5. The van der Waals surface area contributed by atoms with Crippen LogP contribution in [-0.2, 0) is 4.74 Å². The van der Waals surface area contributed by atoms with Crippen LogP contribution >= 0.6 is 0 Å². The first-order chi connectivity index (χ1) is 12.2. The maximum atomic E-state index is 12.4. The Morgan fingerprint density at radius 2 is 1.84 bits per heavy atom. The van der Waals surface area contributed by atoms with Crippen molar-refractivity contribution in [1.29, 1.82) is 0 Å². The molecule has 0 amide bonds. The van der Waals surface area contributed by atoms with Gasteiger partial charge in [-0.25, -0.2) is 9.78 Å². The molecule has 1 fully saturated rings. The molecule has 2 aromatic heterocycles. The Hall–Kier alpha value is -2.56. The van der Waals surface area contributed by atoms with E-state index in [0.717, 1.165) is 35.5 Å². The molecule has 1 aliphatic heterocycles. The second-order valence-corrected chi connectivity index (χ2v) is 6.71. The third-order valence-electron chi connectivity index (χ3n) is 5.07. The fraction of sp³-hybridized carbons (Fsp3) is 0.400. The van der Waals surface area contributed by atoms with Gasteiger partial charge in [-0.05, 0) is 43.5 Å². The molecular formula is C20H23N3O2. The van der Waals surface area contributed by atoms with E-state index in [0.29, 0.717) is 11.2 Å². The van der Waals surface area contributed by atoms with E-state index < -0.39 is 0 Å². The summed E-state index contributed by atoms with van der Waals surface area (Å²) in [5.74, 6) is 0.788. The number of benzene rings is 1. The smallest absolute Gasteiger partial charge is 0.341 e. The van der Waals surface area contributed by atoms with Crippen molar-refractivity contribution in [3.05, 3.63) is 41.5 Å². The number of carbonyl (C=O) groups is 1. The number of hydrogen-bond acceptors (Lipinski definition) is 4. The van der Waals surface area contributed by atoms with Gasteiger partial charge in [0.2, 0.25) is 0 Å². The number of hydrogen-bond donors (Lipinski definition) is 0. The Kier molecular flexibility index (Phi) is 4.07. The van der Waals surface area contributed by atoms with Gasteiger partial charge in [0.25, 0.3) is 0 Å². The summed E-state index contributed by atoms with van der Waals surface area (Å²) < 4.78 is 7.15. The molecule has 5 heteroatoms. The second kappa shape index (κ2) is 6.39. The van der Waals surface area contributed by atoms with Crippen LogP contribution < -0.4 is 4.90 Å². The Labute approximate surface area is 147 Å². The fourth-order valence-electron chi connectivity index (χ4n) is 3.82. The van der Waals surface area contributed by atoms with Crippen LogP contribution in [0.4, 0.5) is 5.82 Å². The monoisotopic (exact) mass is 337 g/mol. The summed E-state index contributed by atoms with van der Waals surface area (Å²) in [6.07, 6.45) is 4.96. The van der Waals surface area contributed by atoms with Gasteiger partial charge in [-0.1, -0.05) is 25.0 Å². The van der Waals surface area contributed by atoms with Crippen LogP contribution in [0.2, 0.25) is 0 Å². The second-order valence-electron chi connectivity index (χ2n) is 6.71. The van der Waals surface area contributed by atoms with E-state index in [9.17, 15) is 4.79 Å². The summed E-state index contributed by atoms with van der Waals surface area (Å²) in [7, 11) is 1.42. The highest BCUT2D eigenvalue weighted by Gasteiger charge is 2.23. The van der Waals surface area contributed by atoms with Gasteiger partial charge in [-0.2, -0.15) is 0 Å². The van der Waals surface area contributed by atoms with Gasteiger partial charge < -0.3 is 9.64 Å². The summed E-state index contributed by atoms with van der Waals surface area (Å²) in [6.45, 7) is 4.05. The molecule has 0 atom stereocenters. The largest absolute Gasteiger partial charge is 0.465 e. The third kappa shape index (κ3) is 2.64. The summed E-state index contributed by atoms with van der Waals surface area (Å²) >= 11 is 0. The molecule has 4 rings (SSSR count). The summed E-state index contributed by atoms with van der Waals surface area (Å²) in [6, 6.07) is 10.2. The summed E-state index contributed by atoms with van der Waals surface area (Å²) in [4.78, 5) is 19.6. The molecule has 3 heterocycles. The van der Waals surface area contributed by atoms with Gasteiger partial charge in [0, 0.05) is 13.1 Å². The quantitative estimate of drug-likeness (QED) is 0.664. The summed E-state index contributed by atoms with van der Waals surface area (Å²) in [5.41, 5.74) is 4.08. The van der Waals surface area contributed by atoms with Crippen LogP contribution in [0.25, 0.3) is 16.7 Å². The molecule has 0 aliphatic carbocycles. The zero-order chi connectivity index (χ0) is 17.4. The van der Waals surface area contributed by atoms with Crippen LogP contribution in [0.15, 0.2) is 30.3 Å². The van der Waals surface area contributed by atoms with Crippen molar-refractivity contribution < 1.29 is 9.53 Å². The number of anilines is 1. The van der Waals surface area contributed by atoms with E-state index in [4.69, 9.17) is 9.72 Å². The van der Waals surface area contributed by atoms with Crippen molar-refractivity contribution in [3.63, 3.8) is 0 Å². The predicted molar refractivity (Wildman–Crippen MR) is 99.5 cm³/mol. The Morgan fingerprint density at radius 3 is 2.56 bits per heavy atom. The number of imidazole rings is 1. The average Bonchev–Trinajstić information content (AvgIpc) is 2.80. The molecule has 0 bridgehead atoms. The Balaban J connectivity index is 2.04. The lowest BCUT2D eigenvalue weighted by molar-refractivity contribution is 0.0601. The molecule has 1 aromatic carbocycles. The van der Waals surface area contributed by atoms with E-state index >= 15 is 0 Å². The molecule has 0 radical (unpaired) electrons. The van der Waals surface area contributed by atoms with Gasteiger partial charge in [0.1, 0.15) is 11.4 Å². The molecule has 1 aliphatic rings. The first-order valence-corrected chi connectivity index (χ1v) is 8.95. The predicted octanol–water partition coefficient (Wildman–Crippen LogP) is 3.96. The maximum Gasteiger partial charge on any atom is 0.341 e. The number of ether oxygens (including phenoxy) is 1. The number of pyridine rings is 1. The van der Waals surface area contributed by atoms with Crippen molar-refractivity contribution >= 4 is 28.5 Å². The number of aryl methyl sites for hydroxylation is 1.